The number of urea groups is 1. The summed E-state index contributed by atoms with van der Waals surface area (Å²) >= 11 is 0. The predicted molar refractivity (Wildman–Crippen MR) is 81.3 cm³/mol. The normalized spacial score (nSPS) is 14.1. The van der Waals surface area contributed by atoms with Gasteiger partial charge in [-0.2, -0.15) is 0 Å². The molecular weight excluding hydrogens is 282 g/mol. The maximum atomic E-state index is 11.9. The molecule has 0 bridgehead atoms. The second-order valence-electron chi connectivity index (χ2n) is 5.32. The van der Waals surface area contributed by atoms with E-state index in [4.69, 9.17) is 4.42 Å². The van der Waals surface area contributed by atoms with Crippen LogP contribution < -0.4 is 16.0 Å². The van der Waals surface area contributed by atoms with E-state index in [9.17, 15) is 9.59 Å². The number of hydrogen-bond acceptors (Lipinski definition) is 3. The number of fused-ring (bicyclic) bond motifs is 1. The number of nitrogens with one attached hydrogen (secondary N) is 3. The van der Waals surface area contributed by atoms with Gasteiger partial charge in [0.05, 0.1) is 25.0 Å². The van der Waals surface area contributed by atoms with Gasteiger partial charge in [-0.15, -0.1) is 0 Å². The van der Waals surface area contributed by atoms with E-state index in [1.165, 1.54) is 0 Å². The fraction of sp³-hybridized carbons (Fsp3) is 0.250. The van der Waals surface area contributed by atoms with Crippen molar-refractivity contribution in [2.45, 2.75) is 25.9 Å². The van der Waals surface area contributed by atoms with E-state index >= 15 is 0 Å². The second kappa shape index (κ2) is 5.93. The van der Waals surface area contributed by atoms with Gasteiger partial charge in [0.1, 0.15) is 0 Å². The van der Waals surface area contributed by atoms with Gasteiger partial charge >= 0.3 is 6.03 Å². The molecule has 0 fully saturated rings. The lowest BCUT2D eigenvalue weighted by molar-refractivity contribution is -0.115. The van der Waals surface area contributed by atoms with Crippen molar-refractivity contribution < 1.29 is 14.0 Å². The molecule has 2 aromatic rings. The average molecular weight is 299 g/mol. The lowest BCUT2D eigenvalue weighted by Crippen LogP contribution is -2.36. The van der Waals surface area contributed by atoms with E-state index in [-0.39, 0.29) is 18.0 Å². The maximum absolute atomic E-state index is 11.9. The second-order valence-corrected chi connectivity index (χ2v) is 5.32. The number of amides is 3. The van der Waals surface area contributed by atoms with Crippen LogP contribution in [0.3, 0.4) is 0 Å². The lowest BCUT2D eigenvalue weighted by Gasteiger charge is -2.15. The summed E-state index contributed by atoms with van der Waals surface area (Å²) in [5, 5.41) is 8.44. The van der Waals surface area contributed by atoms with Crippen LogP contribution in [0.15, 0.2) is 41.2 Å². The minimum absolute atomic E-state index is 0.00520. The van der Waals surface area contributed by atoms with Crippen LogP contribution in [-0.2, 0) is 17.8 Å². The number of rotatable bonds is 4. The summed E-state index contributed by atoms with van der Waals surface area (Å²) in [6.07, 6.45) is 3.55. The molecule has 0 radical (unpaired) electrons. The smallest absolute Gasteiger partial charge is 0.315 e. The Hall–Kier alpha value is -2.76. The molecule has 0 saturated carbocycles. The molecule has 1 aliphatic rings. The zero-order chi connectivity index (χ0) is 15.5. The van der Waals surface area contributed by atoms with Crippen molar-refractivity contribution in [1.29, 1.82) is 0 Å². The topological polar surface area (TPSA) is 83.4 Å². The van der Waals surface area contributed by atoms with Gasteiger partial charge < -0.3 is 20.4 Å². The molecule has 6 nitrogen and oxygen atoms in total. The molecule has 0 aliphatic carbocycles. The van der Waals surface area contributed by atoms with Gasteiger partial charge in [-0.3, -0.25) is 4.79 Å². The van der Waals surface area contributed by atoms with E-state index in [1.54, 1.807) is 18.6 Å². The molecule has 3 amide bonds. The highest BCUT2D eigenvalue weighted by Gasteiger charge is 2.19. The Balaban J connectivity index is 1.57. The van der Waals surface area contributed by atoms with Crippen LogP contribution in [0.25, 0.3) is 0 Å². The minimum Gasteiger partial charge on any atom is -0.472 e. The van der Waals surface area contributed by atoms with Gasteiger partial charge in [-0.05, 0) is 30.2 Å². The van der Waals surface area contributed by atoms with Crippen molar-refractivity contribution in [1.82, 2.24) is 10.6 Å². The number of carbonyl (C=O) groups is 2. The predicted octanol–water partition coefficient (Wildman–Crippen LogP) is 2.33. The minimum atomic E-state index is -0.247. The van der Waals surface area contributed by atoms with Crippen molar-refractivity contribution in [3.8, 4) is 0 Å². The molecule has 114 valence electrons. The summed E-state index contributed by atoms with van der Waals surface area (Å²) in [5.74, 6) is 0.00520. The molecular formula is C16H17N3O3. The average Bonchev–Trinajstić information content (AvgIpc) is 3.12. The van der Waals surface area contributed by atoms with Crippen LogP contribution in [0.2, 0.25) is 0 Å². The Kier molecular flexibility index (Phi) is 3.82. The Morgan fingerprint density at radius 2 is 2.27 bits per heavy atom. The summed E-state index contributed by atoms with van der Waals surface area (Å²) in [6, 6.07) is 7.14. The first-order valence-electron chi connectivity index (χ1n) is 7.10. The van der Waals surface area contributed by atoms with Crippen LogP contribution in [-0.4, -0.2) is 11.9 Å². The summed E-state index contributed by atoms with van der Waals surface area (Å²) in [4.78, 5) is 23.2. The molecule has 1 atom stereocenters. The molecule has 6 heteroatoms. The Morgan fingerprint density at radius 3 is 3.05 bits per heavy atom. The van der Waals surface area contributed by atoms with Gasteiger partial charge in [-0.1, -0.05) is 12.1 Å². The first-order valence-corrected chi connectivity index (χ1v) is 7.10. The van der Waals surface area contributed by atoms with Crippen LogP contribution in [0, 0.1) is 0 Å². The maximum Gasteiger partial charge on any atom is 0.315 e. The van der Waals surface area contributed by atoms with Crippen molar-refractivity contribution in [3.05, 3.63) is 53.5 Å². The van der Waals surface area contributed by atoms with E-state index < -0.39 is 0 Å². The van der Waals surface area contributed by atoms with Gasteiger partial charge in [0.15, 0.2) is 0 Å². The zero-order valence-corrected chi connectivity index (χ0v) is 12.2. The number of anilines is 1. The highest BCUT2D eigenvalue weighted by Crippen LogP contribution is 2.26. The summed E-state index contributed by atoms with van der Waals surface area (Å²) in [6.45, 7) is 2.32. The third-order valence-corrected chi connectivity index (χ3v) is 3.64. The van der Waals surface area contributed by atoms with Gasteiger partial charge in [-0.25, -0.2) is 4.79 Å². The molecule has 0 spiro atoms. The fourth-order valence-electron chi connectivity index (χ4n) is 2.43. The lowest BCUT2D eigenvalue weighted by atomic mass is 10.0. The molecule has 1 unspecified atom stereocenters. The monoisotopic (exact) mass is 299 g/mol. The highest BCUT2D eigenvalue weighted by molar-refractivity contribution is 5.99. The SMILES string of the molecule is CC(NC(=O)NCc1ccoc1)c1ccc2c(c1)CC(=O)N2. The summed E-state index contributed by atoms with van der Waals surface area (Å²) in [5.41, 5.74) is 3.69. The first kappa shape index (κ1) is 14.2. The number of furan rings is 1. The van der Waals surface area contributed by atoms with E-state index in [2.05, 4.69) is 16.0 Å². The van der Waals surface area contributed by atoms with Crippen LogP contribution >= 0.6 is 0 Å². The Labute approximate surface area is 127 Å². The molecule has 22 heavy (non-hydrogen) atoms. The molecule has 2 heterocycles. The van der Waals surface area contributed by atoms with Gasteiger partial charge in [0, 0.05) is 17.8 Å². The van der Waals surface area contributed by atoms with Crippen molar-refractivity contribution >= 4 is 17.6 Å². The molecule has 1 aromatic carbocycles. The summed E-state index contributed by atoms with van der Waals surface area (Å²) < 4.78 is 4.94. The molecule has 1 aliphatic heterocycles. The van der Waals surface area contributed by atoms with E-state index in [0.29, 0.717) is 13.0 Å². The zero-order valence-electron chi connectivity index (χ0n) is 12.2. The fourth-order valence-corrected chi connectivity index (χ4v) is 2.43. The molecule has 1 aromatic heterocycles. The first-order chi connectivity index (χ1) is 10.6. The molecule has 3 N–H and O–H groups in total. The number of benzene rings is 1. The number of hydrogen-bond donors (Lipinski definition) is 3. The Morgan fingerprint density at radius 1 is 1.41 bits per heavy atom. The number of carbonyl (C=O) groups excluding carboxylic acids is 2. The third-order valence-electron chi connectivity index (χ3n) is 3.64. The van der Waals surface area contributed by atoms with E-state index in [1.807, 2.05) is 25.1 Å². The van der Waals surface area contributed by atoms with Crippen molar-refractivity contribution in [2.24, 2.45) is 0 Å². The van der Waals surface area contributed by atoms with Gasteiger partial charge in [0.2, 0.25) is 5.91 Å². The molecule has 0 saturated heterocycles. The van der Waals surface area contributed by atoms with Crippen LogP contribution in [0.4, 0.5) is 10.5 Å². The van der Waals surface area contributed by atoms with Crippen molar-refractivity contribution in [3.63, 3.8) is 0 Å². The summed E-state index contributed by atoms with van der Waals surface area (Å²) in [7, 11) is 0. The standard InChI is InChI=1S/C16H17N3O3/c1-10(18-16(21)17-8-11-4-5-22-9-11)12-2-3-14-13(6-12)7-15(20)19-14/h2-6,9-10H,7-8H2,1H3,(H,19,20)(H2,17,18,21). The largest absolute Gasteiger partial charge is 0.472 e. The van der Waals surface area contributed by atoms with E-state index in [0.717, 1.165) is 22.4 Å². The van der Waals surface area contributed by atoms with Crippen molar-refractivity contribution in [2.75, 3.05) is 5.32 Å². The Bertz CT molecular complexity index is 695. The highest BCUT2D eigenvalue weighted by atomic mass is 16.3. The van der Waals surface area contributed by atoms with Crippen LogP contribution in [0.5, 0.6) is 0 Å². The third kappa shape index (κ3) is 3.11. The van der Waals surface area contributed by atoms with Crippen LogP contribution in [0.1, 0.15) is 29.7 Å². The van der Waals surface area contributed by atoms with Gasteiger partial charge in [0.25, 0.3) is 0 Å². The quantitative estimate of drug-likeness (QED) is 0.810. The molecule has 3 rings (SSSR count).